The van der Waals surface area contributed by atoms with Crippen molar-refractivity contribution in [2.75, 3.05) is 25.4 Å². The van der Waals surface area contributed by atoms with E-state index >= 15 is 0 Å². The largest absolute Gasteiger partial charge is 0.485 e. The van der Waals surface area contributed by atoms with Crippen LogP contribution in [0.15, 0.2) is 83.9 Å². The quantitative estimate of drug-likeness (QED) is 0.384. The summed E-state index contributed by atoms with van der Waals surface area (Å²) in [5, 5.41) is 0. The van der Waals surface area contributed by atoms with Crippen LogP contribution in [-0.2, 0) is 6.61 Å². The van der Waals surface area contributed by atoms with Crippen molar-refractivity contribution in [1.82, 2.24) is 0 Å². The second-order valence-corrected chi connectivity index (χ2v) is 7.83. The van der Waals surface area contributed by atoms with Gasteiger partial charge >= 0.3 is 0 Å². The van der Waals surface area contributed by atoms with Gasteiger partial charge in [0.05, 0.1) is 12.1 Å². The number of nitrogens with two attached hydrogens (primary N) is 1. The molecular formula is C26H30N3O2+. The first-order valence-electron chi connectivity index (χ1n) is 10.9. The first-order valence-corrected chi connectivity index (χ1v) is 10.9. The Bertz CT molecular complexity index is 1020. The minimum atomic E-state index is 0.365. The van der Waals surface area contributed by atoms with Gasteiger partial charge in [0.1, 0.15) is 19.7 Å². The third-order valence-electron chi connectivity index (χ3n) is 5.51. The maximum absolute atomic E-state index is 6.73. The van der Waals surface area contributed by atoms with Gasteiger partial charge in [-0.3, -0.25) is 0 Å². The third kappa shape index (κ3) is 4.89. The molecule has 0 spiro atoms. The minimum absolute atomic E-state index is 0.365. The van der Waals surface area contributed by atoms with Crippen molar-refractivity contribution in [2.24, 2.45) is 4.99 Å². The number of anilines is 1. The molecule has 0 amide bonds. The number of hydrogen-bond donors (Lipinski definition) is 1. The van der Waals surface area contributed by atoms with E-state index in [9.17, 15) is 0 Å². The fourth-order valence-electron chi connectivity index (χ4n) is 3.85. The van der Waals surface area contributed by atoms with Gasteiger partial charge in [-0.1, -0.05) is 60.5 Å². The summed E-state index contributed by atoms with van der Waals surface area (Å²) in [5.74, 6) is 2.43. The lowest BCUT2D eigenvalue weighted by Gasteiger charge is -2.32. The van der Waals surface area contributed by atoms with Crippen LogP contribution < -0.4 is 15.3 Å². The summed E-state index contributed by atoms with van der Waals surface area (Å²) in [7, 11) is 0. The van der Waals surface area contributed by atoms with Crippen LogP contribution in [0.5, 0.6) is 11.5 Å². The summed E-state index contributed by atoms with van der Waals surface area (Å²) in [6.07, 6.45) is 2.13. The van der Waals surface area contributed by atoms with Crippen molar-refractivity contribution in [3.8, 4) is 11.5 Å². The third-order valence-corrected chi connectivity index (χ3v) is 5.51. The average Bonchev–Trinajstić information content (AvgIpc) is 3.22. The summed E-state index contributed by atoms with van der Waals surface area (Å²) in [4.78, 5) is 11.6. The van der Waals surface area contributed by atoms with Crippen LogP contribution >= 0.6 is 0 Å². The average molecular weight is 417 g/mol. The van der Waals surface area contributed by atoms with E-state index in [4.69, 9.17) is 20.3 Å². The number of unbranched alkanes of at least 4 members (excludes halogenated alkanes) is 1. The van der Waals surface area contributed by atoms with Crippen LogP contribution in [-0.4, -0.2) is 30.1 Å². The zero-order valence-corrected chi connectivity index (χ0v) is 18.0. The molecule has 5 heteroatoms. The normalized spacial score (nSPS) is 17.9. The van der Waals surface area contributed by atoms with E-state index in [1.807, 2.05) is 66.7 Å². The van der Waals surface area contributed by atoms with Gasteiger partial charge in [-0.05, 0) is 42.0 Å². The van der Waals surface area contributed by atoms with Crippen molar-refractivity contribution in [3.05, 3.63) is 90.0 Å². The van der Waals surface area contributed by atoms with Crippen molar-refractivity contribution in [3.63, 3.8) is 0 Å². The lowest BCUT2D eigenvalue weighted by atomic mass is 10.1. The lowest BCUT2D eigenvalue weighted by Crippen LogP contribution is -2.54. The Balaban J connectivity index is 1.61. The van der Waals surface area contributed by atoms with Crippen LogP contribution in [0, 0.1) is 0 Å². The molecule has 31 heavy (non-hydrogen) atoms. The zero-order chi connectivity index (χ0) is 21.5. The van der Waals surface area contributed by atoms with Crippen molar-refractivity contribution in [2.45, 2.75) is 26.4 Å². The Hall–Kier alpha value is -3.31. The fourth-order valence-corrected chi connectivity index (χ4v) is 3.85. The van der Waals surface area contributed by atoms with E-state index in [1.54, 1.807) is 0 Å². The predicted octanol–water partition coefficient (Wildman–Crippen LogP) is 5.22. The van der Waals surface area contributed by atoms with E-state index < -0.39 is 0 Å². The van der Waals surface area contributed by atoms with Gasteiger partial charge in [-0.15, -0.1) is 0 Å². The first kappa shape index (κ1) is 20.9. The number of rotatable bonds is 9. The van der Waals surface area contributed by atoms with Gasteiger partial charge in [0, 0.05) is 12.1 Å². The molecule has 1 aliphatic heterocycles. The number of quaternary nitrogens is 1. The molecule has 2 N–H and O–H groups in total. The van der Waals surface area contributed by atoms with E-state index in [-0.39, 0.29) is 0 Å². The van der Waals surface area contributed by atoms with E-state index in [1.165, 1.54) is 0 Å². The van der Waals surface area contributed by atoms with Gasteiger partial charge in [0.25, 0.3) is 5.84 Å². The standard InChI is InChI=1S/C26H30N3O2/c1-2-3-18-29(19-17-28-26(29)22-13-15-23(27)16-14-22)31-25-12-8-7-11-24(25)30-20-21-9-5-4-6-10-21/h4-16H,2-3,17-20,27H2,1H3/q+1. The summed E-state index contributed by atoms with van der Waals surface area (Å²) in [6.45, 7) is 5.08. The molecule has 1 aliphatic rings. The highest BCUT2D eigenvalue weighted by Gasteiger charge is 2.43. The Morgan fingerprint density at radius 1 is 0.903 bits per heavy atom. The van der Waals surface area contributed by atoms with Crippen LogP contribution in [0.25, 0.3) is 0 Å². The van der Waals surface area contributed by atoms with Gasteiger partial charge < -0.3 is 15.3 Å². The number of ether oxygens (including phenoxy) is 1. The molecule has 0 radical (unpaired) electrons. The van der Waals surface area contributed by atoms with E-state index in [2.05, 4.69) is 19.1 Å². The molecule has 0 fully saturated rings. The van der Waals surface area contributed by atoms with Crippen LogP contribution in [0.4, 0.5) is 5.69 Å². The summed E-state index contributed by atoms with van der Waals surface area (Å²) in [5.41, 5.74) is 8.82. The van der Waals surface area contributed by atoms with Crippen LogP contribution in [0.1, 0.15) is 30.9 Å². The lowest BCUT2D eigenvalue weighted by molar-refractivity contribution is -1.000. The number of amidine groups is 1. The molecule has 3 aromatic carbocycles. The topological polar surface area (TPSA) is 56.8 Å². The highest BCUT2D eigenvalue weighted by atomic mass is 16.7. The number of hydroxylamine groups is 3. The van der Waals surface area contributed by atoms with Crippen molar-refractivity contribution < 1.29 is 14.2 Å². The van der Waals surface area contributed by atoms with Crippen molar-refractivity contribution in [1.29, 1.82) is 0 Å². The van der Waals surface area contributed by atoms with E-state index in [0.717, 1.165) is 66.6 Å². The SMILES string of the molecule is CCCC[N+]1(Oc2ccccc2OCc2ccccc2)CCN=C1c1ccc(N)cc1. The monoisotopic (exact) mass is 416 g/mol. The molecule has 3 aromatic rings. The smallest absolute Gasteiger partial charge is 0.272 e. The molecule has 0 saturated heterocycles. The molecular weight excluding hydrogens is 386 g/mol. The molecule has 0 bridgehead atoms. The Morgan fingerprint density at radius 3 is 2.35 bits per heavy atom. The maximum atomic E-state index is 6.73. The fraction of sp³-hybridized carbons (Fsp3) is 0.269. The van der Waals surface area contributed by atoms with Gasteiger partial charge in [-0.25, -0.2) is 4.99 Å². The highest BCUT2D eigenvalue weighted by molar-refractivity contribution is 5.94. The Kier molecular flexibility index (Phi) is 6.53. The Morgan fingerprint density at radius 2 is 1.61 bits per heavy atom. The summed E-state index contributed by atoms with van der Waals surface area (Å²) < 4.78 is 6.51. The second-order valence-electron chi connectivity index (χ2n) is 7.83. The number of para-hydroxylation sites is 2. The Labute approximate surface area is 184 Å². The number of nitrogens with zero attached hydrogens (tertiary/aromatic N) is 2. The molecule has 1 unspecified atom stereocenters. The molecule has 0 aliphatic carbocycles. The summed E-state index contributed by atoms with van der Waals surface area (Å²) in [6, 6.07) is 26.0. The van der Waals surface area contributed by atoms with Gasteiger partial charge in [0.15, 0.2) is 5.75 Å². The maximum Gasteiger partial charge on any atom is 0.272 e. The molecule has 4 rings (SSSR count). The predicted molar refractivity (Wildman–Crippen MR) is 125 cm³/mol. The highest BCUT2D eigenvalue weighted by Crippen LogP contribution is 2.33. The molecule has 5 nitrogen and oxygen atoms in total. The molecule has 1 atom stereocenters. The summed E-state index contributed by atoms with van der Waals surface area (Å²) >= 11 is 0. The van der Waals surface area contributed by atoms with Crippen molar-refractivity contribution >= 4 is 11.5 Å². The number of hydrogen-bond acceptors (Lipinski definition) is 4. The van der Waals surface area contributed by atoms with Crippen LogP contribution in [0.3, 0.4) is 0 Å². The van der Waals surface area contributed by atoms with Crippen LogP contribution in [0.2, 0.25) is 0 Å². The van der Waals surface area contributed by atoms with Gasteiger partial charge in [0.2, 0.25) is 5.75 Å². The minimum Gasteiger partial charge on any atom is -0.485 e. The first-order chi connectivity index (χ1) is 15.2. The van der Waals surface area contributed by atoms with Gasteiger partial charge in [-0.2, -0.15) is 0 Å². The molecule has 160 valence electrons. The number of benzene rings is 3. The number of nitrogen functional groups attached to an aromatic ring is 1. The number of aliphatic imine (C=N–C) groups is 1. The zero-order valence-electron chi connectivity index (χ0n) is 18.0. The molecule has 0 saturated carbocycles. The van der Waals surface area contributed by atoms with E-state index in [0.29, 0.717) is 11.3 Å². The molecule has 0 aromatic heterocycles. The molecule has 1 heterocycles. The second kappa shape index (κ2) is 9.67.